The number of esters is 1. The number of fused-ring (bicyclic) bond motifs is 1. The summed E-state index contributed by atoms with van der Waals surface area (Å²) < 4.78 is 4.98. The zero-order valence-electron chi connectivity index (χ0n) is 15.9. The van der Waals surface area contributed by atoms with Crippen LogP contribution in [0.4, 0.5) is 5.82 Å². The Morgan fingerprint density at radius 3 is 2.75 bits per heavy atom. The summed E-state index contributed by atoms with van der Waals surface area (Å²) in [5.41, 5.74) is 3.03. The number of rotatable bonds is 4. The highest BCUT2D eigenvalue weighted by Crippen LogP contribution is 2.19. The second-order valence-corrected chi connectivity index (χ2v) is 6.86. The average molecular weight is 384 g/mol. The number of piperazine rings is 1. The third-order valence-corrected chi connectivity index (χ3v) is 5.16. The summed E-state index contributed by atoms with van der Waals surface area (Å²) in [5, 5.41) is 10.6. The molecule has 0 radical (unpaired) electrons. The second-order valence-electron chi connectivity index (χ2n) is 6.86. The number of nitrogens with one attached hydrogen (secondary N) is 2. The van der Waals surface area contributed by atoms with Crippen molar-refractivity contribution in [1.82, 2.24) is 25.4 Å². The van der Waals surface area contributed by atoms with E-state index in [1.54, 1.807) is 13.0 Å². The molecule has 28 heavy (non-hydrogen) atoms. The Hall–Kier alpha value is -2.94. The summed E-state index contributed by atoms with van der Waals surface area (Å²) in [4.78, 5) is 33.0. The molecule has 0 spiro atoms. The van der Waals surface area contributed by atoms with Gasteiger partial charge in [0, 0.05) is 63.1 Å². The molecule has 4 heterocycles. The number of hydrogen-bond acceptors (Lipinski definition) is 7. The van der Waals surface area contributed by atoms with E-state index >= 15 is 0 Å². The van der Waals surface area contributed by atoms with E-state index in [9.17, 15) is 9.59 Å². The lowest BCUT2D eigenvalue weighted by molar-refractivity contribution is 0.0525. The van der Waals surface area contributed by atoms with Crippen molar-refractivity contribution in [1.29, 1.82) is 0 Å². The maximum atomic E-state index is 12.9. The first kappa shape index (κ1) is 18.4. The van der Waals surface area contributed by atoms with E-state index < -0.39 is 0 Å². The van der Waals surface area contributed by atoms with Gasteiger partial charge in [0.2, 0.25) is 0 Å². The Morgan fingerprint density at radius 1 is 1.21 bits per heavy atom. The Bertz CT molecular complexity index is 855. The first-order valence-electron chi connectivity index (χ1n) is 9.61. The van der Waals surface area contributed by atoms with Gasteiger partial charge < -0.3 is 19.9 Å². The summed E-state index contributed by atoms with van der Waals surface area (Å²) in [6.45, 7) is 6.28. The predicted molar refractivity (Wildman–Crippen MR) is 102 cm³/mol. The van der Waals surface area contributed by atoms with Crippen LogP contribution in [0.25, 0.3) is 0 Å². The number of nitrogens with zero attached hydrogens (tertiary/aromatic N) is 4. The molecule has 148 valence electrons. The zero-order valence-corrected chi connectivity index (χ0v) is 15.9. The number of ether oxygens (including phenoxy) is 1. The summed E-state index contributed by atoms with van der Waals surface area (Å²) in [7, 11) is 0. The molecule has 2 N–H and O–H groups in total. The summed E-state index contributed by atoms with van der Waals surface area (Å²) in [6.07, 6.45) is 2.41. The third-order valence-electron chi connectivity index (χ3n) is 5.16. The number of hydrogen-bond donors (Lipinski definition) is 2. The van der Waals surface area contributed by atoms with Gasteiger partial charge >= 0.3 is 5.97 Å². The van der Waals surface area contributed by atoms with Crippen LogP contribution in [0.1, 0.15) is 39.0 Å². The minimum absolute atomic E-state index is 0.0218. The standard InChI is InChI=1S/C19H24N6O3/c1-2-28-19(27)13-3-4-16(21-11-13)24-7-9-25(10-8-24)18(26)17-14-12-20-6-5-15(14)22-23-17/h3-4,11,20H,2,5-10,12H2,1H3,(H,22,23). The monoisotopic (exact) mass is 384 g/mol. The number of aromatic nitrogens is 3. The van der Waals surface area contributed by atoms with Crippen LogP contribution in [0.3, 0.4) is 0 Å². The number of aromatic amines is 1. The van der Waals surface area contributed by atoms with E-state index in [4.69, 9.17) is 4.74 Å². The molecule has 0 atom stereocenters. The molecule has 1 amide bonds. The van der Waals surface area contributed by atoms with Crippen LogP contribution in [-0.4, -0.2) is 71.3 Å². The lowest BCUT2D eigenvalue weighted by atomic mass is 10.1. The Morgan fingerprint density at radius 2 is 2.04 bits per heavy atom. The summed E-state index contributed by atoms with van der Waals surface area (Å²) in [5.74, 6) is 0.404. The van der Waals surface area contributed by atoms with E-state index in [1.807, 2.05) is 11.0 Å². The minimum atomic E-state index is -0.367. The SMILES string of the molecule is CCOC(=O)c1ccc(N2CCN(C(=O)c3n[nH]c4c3CNCC4)CC2)nc1. The molecule has 1 fully saturated rings. The first-order chi connectivity index (χ1) is 13.7. The topological polar surface area (TPSA) is 103 Å². The van der Waals surface area contributed by atoms with E-state index in [0.29, 0.717) is 50.6 Å². The van der Waals surface area contributed by atoms with Crippen LogP contribution in [0, 0.1) is 0 Å². The van der Waals surface area contributed by atoms with Gasteiger partial charge in [-0.15, -0.1) is 0 Å². The number of carbonyl (C=O) groups is 2. The van der Waals surface area contributed by atoms with E-state index in [2.05, 4.69) is 25.4 Å². The van der Waals surface area contributed by atoms with Gasteiger partial charge in [0.25, 0.3) is 5.91 Å². The van der Waals surface area contributed by atoms with Crippen LogP contribution in [-0.2, 0) is 17.7 Å². The molecule has 4 rings (SSSR count). The van der Waals surface area contributed by atoms with Crippen LogP contribution in [0.5, 0.6) is 0 Å². The molecule has 0 aromatic carbocycles. The molecule has 0 aliphatic carbocycles. The van der Waals surface area contributed by atoms with Crippen LogP contribution in [0.2, 0.25) is 0 Å². The van der Waals surface area contributed by atoms with Gasteiger partial charge in [0.1, 0.15) is 5.82 Å². The van der Waals surface area contributed by atoms with Crippen LogP contribution in [0.15, 0.2) is 18.3 Å². The first-order valence-corrected chi connectivity index (χ1v) is 9.61. The lowest BCUT2D eigenvalue weighted by Gasteiger charge is -2.35. The van der Waals surface area contributed by atoms with Crippen molar-refractivity contribution >= 4 is 17.7 Å². The van der Waals surface area contributed by atoms with Crippen molar-refractivity contribution in [2.24, 2.45) is 0 Å². The van der Waals surface area contributed by atoms with Crippen molar-refractivity contribution in [3.8, 4) is 0 Å². The highest BCUT2D eigenvalue weighted by Gasteiger charge is 2.28. The summed E-state index contributed by atoms with van der Waals surface area (Å²) in [6, 6.07) is 3.54. The molecule has 9 heteroatoms. The Kier molecular flexibility index (Phi) is 5.25. The number of anilines is 1. The zero-order chi connectivity index (χ0) is 19.5. The fraction of sp³-hybridized carbons (Fsp3) is 0.474. The maximum absolute atomic E-state index is 12.9. The molecule has 1 saturated heterocycles. The maximum Gasteiger partial charge on any atom is 0.339 e. The molecule has 0 saturated carbocycles. The van der Waals surface area contributed by atoms with Gasteiger partial charge in [-0.3, -0.25) is 9.89 Å². The highest BCUT2D eigenvalue weighted by atomic mass is 16.5. The van der Waals surface area contributed by atoms with Crippen LogP contribution >= 0.6 is 0 Å². The van der Waals surface area contributed by atoms with Gasteiger partial charge in [0.05, 0.1) is 12.2 Å². The number of amides is 1. The highest BCUT2D eigenvalue weighted by molar-refractivity contribution is 5.94. The smallest absolute Gasteiger partial charge is 0.339 e. The molecule has 2 aliphatic heterocycles. The molecular weight excluding hydrogens is 360 g/mol. The largest absolute Gasteiger partial charge is 0.462 e. The molecule has 0 bridgehead atoms. The van der Waals surface area contributed by atoms with Crippen molar-refractivity contribution in [2.45, 2.75) is 19.9 Å². The van der Waals surface area contributed by atoms with Gasteiger partial charge in [-0.25, -0.2) is 9.78 Å². The lowest BCUT2D eigenvalue weighted by Crippen LogP contribution is -2.49. The minimum Gasteiger partial charge on any atom is -0.462 e. The Labute approximate surface area is 163 Å². The number of carbonyl (C=O) groups excluding carboxylic acids is 2. The molecule has 2 aliphatic rings. The molecule has 0 unspecified atom stereocenters. The second kappa shape index (κ2) is 7.97. The fourth-order valence-electron chi connectivity index (χ4n) is 3.60. The van der Waals surface area contributed by atoms with Gasteiger partial charge in [-0.2, -0.15) is 5.10 Å². The summed E-state index contributed by atoms with van der Waals surface area (Å²) >= 11 is 0. The van der Waals surface area contributed by atoms with Crippen LogP contribution < -0.4 is 10.2 Å². The van der Waals surface area contributed by atoms with E-state index in [0.717, 1.165) is 30.0 Å². The van der Waals surface area contributed by atoms with Crippen molar-refractivity contribution in [3.05, 3.63) is 40.8 Å². The average Bonchev–Trinajstić information content (AvgIpc) is 3.18. The normalized spacial score (nSPS) is 16.6. The molecular formula is C19H24N6O3. The van der Waals surface area contributed by atoms with Crippen molar-refractivity contribution in [3.63, 3.8) is 0 Å². The Balaban J connectivity index is 1.37. The number of pyridine rings is 1. The fourth-order valence-corrected chi connectivity index (χ4v) is 3.60. The third kappa shape index (κ3) is 3.57. The van der Waals surface area contributed by atoms with E-state index in [-0.39, 0.29) is 11.9 Å². The van der Waals surface area contributed by atoms with E-state index in [1.165, 1.54) is 6.20 Å². The quantitative estimate of drug-likeness (QED) is 0.744. The van der Waals surface area contributed by atoms with Crippen molar-refractivity contribution in [2.75, 3.05) is 44.2 Å². The number of H-pyrrole nitrogens is 1. The van der Waals surface area contributed by atoms with Gasteiger partial charge in [-0.1, -0.05) is 0 Å². The van der Waals surface area contributed by atoms with Gasteiger partial charge in [0.15, 0.2) is 5.69 Å². The van der Waals surface area contributed by atoms with Gasteiger partial charge in [-0.05, 0) is 19.1 Å². The van der Waals surface area contributed by atoms with Crippen molar-refractivity contribution < 1.29 is 14.3 Å². The molecule has 2 aromatic heterocycles. The molecule has 9 nitrogen and oxygen atoms in total. The molecule has 2 aromatic rings. The predicted octanol–water partition coefficient (Wildman–Crippen LogP) is 0.590.